The number of hydrogen-bond acceptors (Lipinski definition) is 5. The molecule has 3 heterocycles. The van der Waals surface area contributed by atoms with Crippen molar-refractivity contribution in [2.45, 2.75) is 13.2 Å². The van der Waals surface area contributed by atoms with Crippen molar-refractivity contribution in [2.75, 3.05) is 51.8 Å². The second kappa shape index (κ2) is 8.22. The number of morpholine rings is 1. The van der Waals surface area contributed by atoms with Crippen LogP contribution in [0.1, 0.15) is 22.3 Å². The van der Waals surface area contributed by atoms with Gasteiger partial charge in [0.25, 0.3) is 5.91 Å². The summed E-state index contributed by atoms with van der Waals surface area (Å²) in [6.45, 7) is 7.24. The molecule has 6 heteroatoms. The van der Waals surface area contributed by atoms with Crippen LogP contribution in [0.3, 0.4) is 0 Å². The number of anilines is 1. The summed E-state index contributed by atoms with van der Waals surface area (Å²) < 4.78 is 11.4. The van der Waals surface area contributed by atoms with Crippen LogP contribution in [0.25, 0.3) is 11.3 Å². The maximum Gasteiger partial charge on any atom is 0.260 e. The van der Waals surface area contributed by atoms with Crippen LogP contribution in [-0.2, 0) is 27.4 Å². The number of nitrogens with one attached hydrogen (secondary N) is 1. The molecule has 0 atom stereocenters. The number of fused-ring (bicyclic) bond motifs is 2. The van der Waals surface area contributed by atoms with Crippen LogP contribution in [0.4, 0.5) is 5.69 Å². The Labute approximate surface area is 177 Å². The summed E-state index contributed by atoms with van der Waals surface area (Å²) in [4.78, 5) is 17.4. The summed E-state index contributed by atoms with van der Waals surface area (Å²) in [6.07, 6.45) is 0. The van der Waals surface area contributed by atoms with Gasteiger partial charge in [-0.15, -0.1) is 0 Å². The van der Waals surface area contributed by atoms with E-state index in [1.807, 2.05) is 24.3 Å². The van der Waals surface area contributed by atoms with Crippen molar-refractivity contribution >= 4 is 22.9 Å². The van der Waals surface area contributed by atoms with Crippen molar-refractivity contribution in [1.82, 2.24) is 9.80 Å². The van der Waals surface area contributed by atoms with E-state index >= 15 is 0 Å². The van der Waals surface area contributed by atoms with Gasteiger partial charge in [-0.05, 0) is 18.7 Å². The van der Waals surface area contributed by atoms with E-state index in [9.17, 15) is 4.79 Å². The van der Waals surface area contributed by atoms with Gasteiger partial charge in [-0.2, -0.15) is 0 Å². The lowest BCUT2D eigenvalue weighted by molar-refractivity contribution is -0.110. The molecule has 2 aromatic carbocycles. The van der Waals surface area contributed by atoms with Crippen molar-refractivity contribution < 1.29 is 14.3 Å². The number of hydrogen-bond donors (Lipinski definition) is 1. The Morgan fingerprint density at radius 1 is 1.10 bits per heavy atom. The van der Waals surface area contributed by atoms with Crippen molar-refractivity contribution in [2.24, 2.45) is 0 Å². The predicted octanol–water partition coefficient (Wildman–Crippen LogP) is 2.80. The number of nitrogens with zero attached hydrogens (tertiary/aromatic N) is 2. The highest BCUT2D eigenvalue weighted by molar-refractivity contribution is 6.36. The van der Waals surface area contributed by atoms with Gasteiger partial charge in [0.05, 0.1) is 18.8 Å². The van der Waals surface area contributed by atoms with Crippen LogP contribution >= 0.6 is 0 Å². The van der Waals surface area contributed by atoms with Crippen molar-refractivity contribution in [3.05, 3.63) is 64.7 Å². The molecule has 0 aliphatic carbocycles. The molecule has 0 saturated carbocycles. The van der Waals surface area contributed by atoms with Gasteiger partial charge in [0.1, 0.15) is 12.4 Å². The third kappa shape index (κ3) is 3.74. The molecule has 1 fully saturated rings. The standard InChI is InChI=1S/C24H27N3O3/c1-26(8-9-27-10-12-29-13-11-27)15-17-6-7-19-18(14-17)16-30-23(19)22-20-4-2-3-5-21(20)25-24(22)28/h2-7,14H,8-13,15-16H2,1H3,(H,25,28)/b23-22+. The molecule has 3 aliphatic rings. The zero-order valence-corrected chi connectivity index (χ0v) is 17.3. The number of para-hydroxylation sites is 1. The molecule has 1 saturated heterocycles. The molecule has 156 valence electrons. The second-order valence-corrected chi connectivity index (χ2v) is 8.18. The molecule has 1 amide bonds. The van der Waals surface area contributed by atoms with Crippen LogP contribution in [0.15, 0.2) is 42.5 Å². The number of likely N-dealkylation sites (N-methyl/N-ethyl adjacent to an activating group) is 1. The van der Waals surface area contributed by atoms with Gasteiger partial charge < -0.3 is 19.7 Å². The molecule has 6 nitrogen and oxygen atoms in total. The van der Waals surface area contributed by atoms with Gasteiger partial charge in [0.2, 0.25) is 0 Å². The number of benzene rings is 2. The van der Waals surface area contributed by atoms with Crippen molar-refractivity contribution in [1.29, 1.82) is 0 Å². The van der Waals surface area contributed by atoms with Crippen LogP contribution in [0.2, 0.25) is 0 Å². The molecule has 2 aromatic rings. The van der Waals surface area contributed by atoms with Gasteiger partial charge in [-0.3, -0.25) is 9.69 Å². The monoisotopic (exact) mass is 405 g/mol. The Balaban J connectivity index is 1.30. The Kier molecular flexibility index (Phi) is 5.29. The lowest BCUT2D eigenvalue weighted by atomic mass is 9.99. The summed E-state index contributed by atoms with van der Waals surface area (Å²) in [6, 6.07) is 14.2. The van der Waals surface area contributed by atoms with Crippen LogP contribution in [-0.4, -0.2) is 62.1 Å². The highest BCUT2D eigenvalue weighted by Crippen LogP contribution is 2.41. The summed E-state index contributed by atoms with van der Waals surface area (Å²) in [5.41, 5.74) is 5.84. The molecule has 5 rings (SSSR count). The molecule has 0 bridgehead atoms. The molecule has 0 unspecified atom stereocenters. The number of carbonyl (C=O) groups excluding carboxylic acids is 1. The van der Waals surface area contributed by atoms with Crippen molar-refractivity contribution in [3.63, 3.8) is 0 Å². The van der Waals surface area contributed by atoms with Crippen LogP contribution < -0.4 is 5.32 Å². The summed E-state index contributed by atoms with van der Waals surface area (Å²) >= 11 is 0. The third-order valence-corrected chi connectivity index (χ3v) is 6.04. The summed E-state index contributed by atoms with van der Waals surface area (Å²) in [5.74, 6) is 0.602. The Hall–Kier alpha value is -2.67. The highest BCUT2D eigenvalue weighted by Gasteiger charge is 2.32. The smallest absolute Gasteiger partial charge is 0.260 e. The van der Waals surface area contributed by atoms with Gasteiger partial charge in [-0.25, -0.2) is 0 Å². The molecular formula is C24H27N3O3. The van der Waals surface area contributed by atoms with E-state index in [2.05, 4.69) is 40.4 Å². The number of carbonyl (C=O) groups is 1. The fourth-order valence-electron chi connectivity index (χ4n) is 4.39. The summed E-state index contributed by atoms with van der Waals surface area (Å²) in [7, 11) is 2.16. The zero-order valence-electron chi connectivity index (χ0n) is 17.3. The Bertz CT molecular complexity index is 995. The molecular weight excluding hydrogens is 378 g/mol. The largest absolute Gasteiger partial charge is 0.487 e. The summed E-state index contributed by atoms with van der Waals surface area (Å²) in [5, 5.41) is 2.94. The van der Waals surface area contributed by atoms with Crippen molar-refractivity contribution in [3.8, 4) is 0 Å². The van der Waals surface area contributed by atoms with Gasteiger partial charge in [0.15, 0.2) is 0 Å². The predicted molar refractivity (Wildman–Crippen MR) is 117 cm³/mol. The van der Waals surface area contributed by atoms with E-state index in [-0.39, 0.29) is 5.91 Å². The minimum absolute atomic E-state index is 0.0917. The molecule has 3 aliphatic heterocycles. The maximum atomic E-state index is 12.6. The minimum Gasteiger partial charge on any atom is -0.487 e. The van der Waals surface area contributed by atoms with E-state index in [0.717, 1.165) is 68.3 Å². The SMILES string of the molecule is CN(CCN1CCOCC1)Cc1ccc2c(c1)CO/C2=C1/C(=O)Nc2ccccc21. The van der Waals surface area contributed by atoms with Crippen LogP contribution in [0, 0.1) is 0 Å². The first-order valence-corrected chi connectivity index (χ1v) is 10.6. The molecule has 30 heavy (non-hydrogen) atoms. The first-order valence-electron chi connectivity index (χ1n) is 10.6. The van der Waals surface area contributed by atoms with E-state index in [4.69, 9.17) is 9.47 Å². The molecule has 0 aromatic heterocycles. The van der Waals surface area contributed by atoms with Gasteiger partial charge >= 0.3 is 0 Å². The first kappa shape index (κ1) is 19.3. The average Bonchev–Trinajstić information content (AvgIpc) is 3.32. The first-order chi connectivity index (χ1) is 14.7. The topological polar surface area (TPSA) is 54.0 Å². The number of amides is 1. The van der Waals surface area contributed by atoms with E-state index in [1.165, 1.54) is 5.56 Å². The van der Waals surface area contributed by atoms with E-state index in [1.54, 1.807) is 0 Å². The third-order valence-electron chi connectivity index (χ3n) is 6.04. The van der Waals surface area contributed by atoms with Crippen LogP contribution in [0.5, 0.6) is 0 Å². The molecule has 1 N–H and O–H groups in total. The molecule has 0 spiro atoms. The lowest BCUT2D eigenvalue weighted by Crippen LogP contribution is -2.40. The maximum absolute atomic E-state index is 12.6. The second-order valence-electron chi connectivity index (χ2n) is 8.18. The van der Waals surface area contributed by atoms with E-state index < -0.39 is 0 Å². The molecule has 0 radical (unpaired) electrons. The number of ether oxygens (including phenoxy) is 2. The van der Waals surface area contributed by atoms with E-state index in [0.29, 0.717) is 17.9 Å². The normalized spacial score (nSPS) is 20.8. The van der Waals surface area contributed by atoms with Gasteiger partial charge in [-0.1, -0.05) is 36.4 Å². The quantitative estimate of drug-likeness (QED) is 0.776. The lowest BCUT2D eigenvalue weighted by Gasteiger charge is -2.28. The highest BCUT2D eigenvalue weighted by atomic mass is 16.5. The average molecular weight is 405 g/mol. The fraction of sp³-hybridized carbons (Fsp3) is 0.375. The Morgan fingerprint density at radius 3 is 2.80 bits per heavy atom. The zero-order chi connectivity index (χ0) is 20.5. The Morgan fingerprint density at radius 2 is 1.93 bits per heavy atom. The van der Waals surface area contributed by atoms with Gasteiger partial charge in [0, 0.05) is 55.1 Å². The number of rotatable bonds is 5. The minimum atomic E-state index is -0.0917. The fourth-order valence-corrected chi connectivity index (χ4v) is 4.39.